The molecule has 0 unspecified atom stereocenters. The molecular formula is C22H24N2O3. The average Bonchev–Trinajstić information content (AvgIpc) is 3.42. The quantitative estimate of drug-likeness (QED) is 0.686. The highest BCUT2D eigenvalue weighted by Crippen LogP contribution is 2.29. The van der Waals surface area contributed by atoms with Gasteiger partial charge in [0.1, 0.15) is 5.58 Å². The van der Waals surface area contributed by atoms with E-state index in [1.54, 1.807) is 12.5 Å². The van der Waals surface area contributed by atoms with Gasteiger partial charge in [0.05, 0.1) is 19.3 Å². The lowest BCUT2D eigenvalue weighted by molar-refractivity contribution is -0.120. The second kappa shape index (κ2) is 7.43. The van der Waals surface area contributed by atoms with Crippen LogP contribution in [0.1, 0.15) is 35.1 Å². The van der Waals surface area contributed by atoms with Crippen LogP contribution in [0.15, 0.2) is 41.1 Å². The molecule has 1 aliphatic carbocycles. The molecule has 1 aliphatic rings. The topological polar surface area (TPSA) is 64.4 Å². The van der Waals surface area contributed by atoms with E-state index in [1.807, 2.05) is 25.1 Å². The lowest BCUT2D eigenvalue weighted by atomic mass is 10.0. The first kappa shape index (κ1) is 17.6. The van der Waals surface area contributed by atoms with Crippen LogP contribution in [0.4, 0.5) is 0 Å². The van der Waals surface area contributed by atoms with Gasteiger partial charge in [-0.05, 0) is 49.3 Å². The monoisotopic (exact) mass is 364 g/mol. The molecule has 5 heteroatoms. The normalized spacial score (nSPS) is 13.7. The predicted octanol–water partition coefficient (Wildman–Crippen LogP) is 4.09. The van der Waals surface area contributed by atoms with Crippen LogP contribution in [-0.2, 0) is 17.8 Å². The Kier molecular flexibility index (Phi) is 4.84. The molecule has 1 N–H and O–H groups in total. The number of benzene rings is 1. The molecule has 3 aromatic rings. The van der Waals surface area contributed by atoms with Gasteiger partial charge >= 0.3 is 0 Å². The third kappa shape index (κ3) is 4.13. The Morgan fingerprint density at radius 1 is 1.26 bits per heavy atom. The van der Waals surface area contributed by atoms with Gasteiger partial charge in [0.25, 0.3) is 0 Å². The van der Waals surface area contributed by atoms with Crippen LogP contribution in [0.5, 0.6) is 5.88 Å². The molecule has 27 heavy (non-hydrogen) atoms. The molecule has 5 nitrogen and oxygen atoms in total. The molecule has 2 aromatic heterocycles. The van der Waals surface area contributed by atoms with E-state index in [1.165, 1.54) is 18.4 Å². The Bertz CT molecular complexity index is 956. The zero-order valence-corrected chi connectivity index (χ0v) is 15.7. The Morgan fingerprint density at radius 3 is 2.85 bits per heavy atom. The van der Waals surface area contributed by atoms with Crippen LogP contribution < -0.4 is 10.1 Å². The highest BCUT2D eigenvalue weighted by molar-refractivity contribution is 5.89. The summed E-state index contributed by atoms with van der Waals surface area (Å²) in [6, 6.07) is 7.88. The third-order valence-corrected chi connectivity index (χ3v) is 5.14. The van der Waals surface area contributed by atoms with Crippen LogP contribution in [-0.4, -0.2) is 17.5 Å². The summed E-state index contributed by atoms with van der Waals surface area (Å²) < 4.78 is 11.3. The average molecular weight is 364 g/mol. The maximum absolute atomic E-state index is 12.3. The number of nitrogens with zero attached hydrogens (tertiary/aromatic N) is 1. The number of carbonyl (C=O) groups excluding carboxylic acids is 1. The molecule has 4 rings (SSSR count). The second-order valence-corrected chi connectivity index (χ2v) is 7.36. The van der Waals surface area contributed by atoms with Gasteiger partial charge in [-0.1, -0.05) is 18.2 Å². The molecule has 1 amide bonds. The van der Waals surface area contributed by atoms with E-state index in [0.29, 0.717) is 24.8 Å². The summed E-state index contributed by atoms with van der Waals surface area (Å²) in [6.45, 7) is 5.29. The number of hydrogen-bond donors (Lipinski definition) is 1. The molecule has 1 aromatic carbocycles. The van der Waals surface area contributed by atoms with Crippen molar-refractivity contribution in [3.63, 3.8) is 0 Å². The van der Waals surface area contributed by atoms with Crippen LogP contribution in [0.2, 0.25) is 0 Å². The number of ether oxygens (including phenoxy) is 1. The second-order valence-electron chi connectivity index (χ2n) is 7.36. The number of furan rings is 1. The van der Waals surface area contributed by atoms with E-state index in [-0.39, 0.29) is 5.91 Å². The number of carbonyl (C=O) groups is 1. The number of fused-ring (bicyclic) bond motifs is 1. The molecule has 140 valence electrons. The molecule has 0 radical (unpaired) electrons. The van der Waals surface area contributed by atoms with Crippen LogP contribution >= 0.6 is 0 Å². The largest absolute Gasteiger partial charge is 0.477 e. The minimum atomic E-state index is -0.0370. The molecule has 0 bridgehead atoms. The van der Waals surface area contributed by atoms with Crippen LogP contribution in [0.25, 0.3) is 11.0 Å². The highest BCUT2D eigenvalue weighted by atomic mass is 16.5. The maximum atomic E-state index is 12.3. The molecule has 1 fully saturated rings. The van der Waals surface area contributed by atoms with Gasteiger partial charge in [0.2, 0.25) is 11.8 Å². The number of amides is 1. The molecular weight excluding hydrogens is 340 g/mol. The van der Waals surface area contributed by atoms with E-state index in [2.05, 4.69) is 23.3 Å². The summed E-state index contributed by atoms with van der Waals surface area (Å²) in [4.78, 5) is 16.6. The SMILES string of the molecule is Cc1ccc2c(CC(=O)NCc3ccc(OCC4CC4)nc3)coc2c1C. The van der Waals surface area contributed by atoms with Crippen LogP contribution in [0, 0.1) is 19.8 Å². The number of nitrogens with one attached hydrogen (secondary N) is 1. The zero-order chi connectivity index (χ0) is 18.8. The smallest absolute Gasteiger partial charge is 0.224 e. The molecule has 2 heterocycles. The van der Waals surface area contributed by atoms with Gasteiger partial charge in [0, 0.05) is 29.8 Å². The van der Waals surface area contributed by atoms with Crippen molar-refractivity contribution in [1.82, 2.24) is 10.3 Å². The van der Waals surface area contributed by atoms with Crippen molar-refractivity contribution >= 4 is 16.9 Å². The summed E-state index contributed by atoms with van der Waals surface area (Å²) in [7, 11) is 0. The first-order valence-corrected chi connectivity index (χ1v) is 9.41. The number of rotatable bonds is 7. The van der Waals surface area contributed by atoms with E-state index >= 15 is 0 Å². The van der Waals surface area contributed by atoms with E-state index in [4.69, 9.17) is 9.15 Å². The van der Waals surface area contributed by atoms with Gasteiger partial charge in [-0.25, -0.2) is 4.98 Å². The van der Waals surface area contributed by atoms with Gasteiger partial charge in [0.15, 0.2) is 0 Å². The Hall–Kier alpha value is -2.82. The number of aromatic nitrogens is 1. The fourth-order valence-corrected chi connectivity index (χ4v) is 3.05. The van der Waals surface area contributed by atoms with Crippen LogP contribution in [0.3, 0.4) is 0 Å². The van der Waals surface area contributed by atoms with Gasteiger partial charge in [-0.2, -0.15) is 0 Å². The van der Waals surface area contributed by atoms with E-state index in [0.717, 1.165) is 34.3 Å². The fourth-order valence-electron chi connectivity index (χ4n) is 3.05. The van der Waals surface area contributed by atoms with Crippen molar-refractivity contribution < 1.29 is 13.9 Å². The van der Waals surface area contributed by atoms with E-state index < -0.39 is 0 Å². The molecule has 0 saturated heterocycles. The summed E-state index contributed by atoms with van der Waals surface area (Å²) >= 11 is 0. The van der Waals surface area contributed by atoms with Gasteiger partial charge < -0.3 is 14.5 Å². The first-order valence-electron chi connectivity index (χ1n) is 9.41. The van der Waals surface area contributed by atoms with Crippen molar-refractivity contribution in [1.29, 1.82) is 0 Å². The number of pyridine rings is 1. The van der Waals surface area contributed by atoms with Crippen molar-refractivity contribution in [2.24, 2.45) is 5.92 Å². The van der Waals surface area contributed by atoms with Gasteiger partial charge in [-0.15, -0.1) is 0 Å². The fraction of sp³-hybridized carbons (Fsp3) is 0.364. The molecule has 0 aliphatic heterocycles. The predicted molar refractivity (Wildman–Crippen MR) is 104 cm³/mol. The molecule has 0 spiro atoms. The van der Waals surface area contributed by atoms with E-state index in [9.17, 15) is 4.79 Å². The maximum Gasteiger partial charge on any atom is 0.224 e. The number of hydrogen-bond acceptors (Lipinski definition) is 4. The Morgan fingerprint density at radius 2 is 2.11 bits per heavy atom. The lowest BCUT2D eigenvalue weighted by Crippen LogP contribution is -2.24. The van der Waals surface area contributed by atoms with Gasteiger partial charge in [-0.3, -0.25) is 4.79 Å². The summed E-state index contributed by atoms with van der Waals surface area (Å²) in [5.74, 6) is 1.31. The Labute approximate surface area is 158 Å². The lowest BCUT2D eigenvalue weighted by Gasteiger charge is -2.07. The Balaban J connectivity index is 1.32. The summed E-state index contributed by atoms with van der Waals surface area (Å²) in [6.07, 6.45) is 6.25. The molecule has 1 saturated carbocycles. The van der Waals surface area contributed by atoms with Crippen molar-refractivity contribution in [3.8, 4) is 5.88 Å². The first-order chi connectivity index (χ1) is 13.1. The number of aryl methyl sites for hydroxylation is 2. The standard InChI is InChI=1S/C22H24N2O3/c1-14-3-7-19-18(13-27-22(19)15(14)2)9-20(25)23-10-17-6-8-21(24-11-17)26-12-16-4-5-16/h3,6-8,11,13,16H,4-5,9-10,12H2,1-2H3,(H,23,25). The highest BCUT2D eigenvalue weighted by Gasteiger charge is 2.22. The van der Waals surface area contributed by atoms with Crippen molar-refractivity contribution in [3.05, 3.63) is 59.0 Å². The zero-order valence-electron chi connectivity index (χ0n) is 15.7. The minimum absolute atomic E-state index is 0.0370. The third-order valence-electron chi connectivity index (χ3n) is 5.14. The minimum Gasteiger partial charge on any atom is -0.477 e. The summed E-state index contributed by atoms with van der Waals surface area (Å²) in [5, 5.41) is 3.95. The summed E-state index contributed by atoms with van der Waals surface area (Å²) in [5.41, 5.74) is 5.03. The van der Waals surface area contributed by atoms with Crippen molar-refractivity contribution in [2.45, 2.75) is 39.7 Å². The van der Waals surface area contributed by atoms with Crippen molar-refractivity contribution in [2.75, 3.05) is 6.61 Å². The molecule has 0 atom stereocenters.